The summed E-state index contributed by atoms with van der Waals surface area (Å²) in [5, 5.41) is 19.5. The minimum atomic E-state index is -0.500. The molecular weight excluding hydrogens is 280 g/mol. The lowest BCUT2D eigenvalue weighted by Crippen LogP contribution is -2.16. The first-order chi connectivity index (χ1) is 9.42. The van der Waals surface area contributed by atoms with Crippen LogP contribution in [0, 0.1) is 5.92 Å². The molecule has 106 valence electrons. The van der Waals surface area contributed by atoms with Gasteiger partial charge in [0.1, 0.15) is 0 Å². The normalized spacial score (nSPS) is 12.3. The summed E-state index contributed by atoms with van der Waals surface area (Å²) >= 11 is 1.22. The molecule has 0 radical (unpaired) electrons. The largest absolute Gasteiger partial charge is 0.504 e. The minimum Gasteiger partial charge on any atom is -0.504 e. The molecule has 2 N–H and O–H groups in total. The first kappa shape index (κ1) is 14.3. The lowest BCUT2D eigenvalue weighted by molar-refractivity contribution is -0.144. The van der Waals surface area contributed by atoms with Crippen molar-refractivity contribution in [1.82, 2.24) is 0 Å². The molecule has 0 aliphatic carbocycles. The van der Waals surface area contributed by atoms with Crippen molar-refractivity contribution in [2.24, 2.45) is 5.92 Å². The fourth-order valence-electron chi connectivity index (χ4n) is 1.86. The molecule has 0 bridgehead atoms. The highest BCUT2D eigenvalue weighted by Crippen LogP contribution is 2.35. The van der Waals surface area contributed by atoms with Crippen LogP contribution in [0.1, 0.15) is 23.0 Å². The first-order valence-electron chi connectivity index (χ1n) is 5.99. The first-order valence-corrected chi connectivity index (χ1v) is 6.80. The van der Waals surface area contributed by atoms with Gasteiger partial charge in [-0.25, -0.2) is 0 Å². The third-order valence-corrected chi connectivity index (χ3v) is 4.12. The number of ether oxygens (including phenoxy) is 1. The number of phenols is 2. The van der Waals surface area contributed by atoms with Gasteiger partial charge in [0.2, 0.25) is 0 Å². The van der Waals surface area contributed by atoms with Gasteiger partial charge in [-0.15, -0.1) is 11.3 Å². The molecule has 0 aliphatic rings. The molecular formula is C14H14O5S. The van der Waals surface area contributed by atoms with Crippen LogP contribution in [-0.2, 0) is 9.53 Å². The summed E-state index contributed by atoms with van der Waals surface area (Å²) in [4.78, 5) is 23.9. The number of hydrogen-bond acceptors (Lipinski definition) is 6. The highest BCUT2D eigenvalue weighted by Gasteiger charge is 2.20. The molecule has 1 unspecified atom stereocenters. The molecule has 0 spiro atoms. The van der Waals surface area contributed by atoms with Gasteiger partial charge in [0.05, 0.1) is 17.9 Å². The summed E-state index contributed by atoms with van der Waals surface area (Å²) < 4.78 is 5.29. The number of esters is 1. The second kappa shape index (κ2) is 5.50. The van der Waals surface area contributed by atoms with Gasteiger partial charge in [-0.05, 0) is 17.5 Å². The maximum Gasteiger partial charge on any atom is 0.308 e. The maximum atomic E-state index is 12.1. The topological polar surface area (TPSA) is 83.8 Å². The molecule has 6 heteroatoms. The SMILES string of the molecule is COC(=O)C(C)CC(=O)c1cc2cc(O)c(O)cc2s1. The number of carbonyl (C=O) groups excluding carboxylic acids is 2. The molecule has 0 saturated carbocycles. The van der Waals surface area contributed by atoms with Crippen LogP contribution >= 0.6 is 11.3 Å². The van der Waals surface area contributed by atoms with Crippen molar-refractivity contribution in [3.63, 3.8) is 0 Å². The number of aromatic hydroxyl groups is 2. The van der Waals surface area contributed by atoms with Crippen molar-refractivity contribution < 1.29 is 24.5 Å². The fraction of sp³-hybridized carbons (Fsp3) is 0.286. The Bertz CT molecular complexity index is 634. The van der Waals surface area contributed by atoms with Gasteiger partial charge in [-0.3, -0.25) is 9.59 Å². The Kier molecular flexibility index (Phi) is 3.94. The van der Waals surface area contributed by atoms with E-state index in [2.05, 4.69) is 4.74 Å². The summed E-state index contributed by atoms with van der Waals surface area (Å²) in [6.45, 7) is 1.63. The van der Waals surface area contributed by atoms with E-state index < -0.39 is 11.9 Å². The lowest BCUT2D eigenvalue weighted by atomic mass is 10.0. The van der Waals surface area contributed by atoms with Crippen LogP contribution in [0.3, 0.4) is 0 Å². The van der Waals surface area contributed by atoms with Crippen LogP contribution in [0.4, 0.5) is 0 Å². The van der Waals surface area contributed by atoms with E-state index in [1.807, 2.05) is 0 Å². The van der Waals surface area contributed by atoms with E-state index in [9.17, 15) is 19.8 Å². The summed E-state index contributed by atoms with van der Waals surface area (Å²) in [7, 11) is 1.29. The number of fused-ring (bicyclic) bond motifs is 1. The van der Waals surface area contributed by atoms with Crippen LogP contribution in [0.25, 0.3) is 10.1 Å². The van der Waals surface area contributed by atoms with E-state index in [0.29, 0.717) is 15.0 Å². The van der Waals surface area contributed by atoms with E-state index in [4.69, 9.17) is 0 Å². The average Bonchev–Trinajstić information content (AvgIpc) is 2.81. The zero-order valence-corrected chi connectivity index (χ0v) is 11.9. The number of benzene rings is 1. The quantitative estimate of drug-likeness (QED) is 0.514. The molecule has 2 aromatic rings. The third-order valence-electron chi connectivity index (χ3n) is 2.98. The minimum absolute atomic E-state index is 0.0669. The van der Waals surface area contributed by atoms with Gasteiger partial charge in [0.15, 0.2) is 17.3 Å². The molecule has 2 rings (SSSR count). The number of phenolic OH excluding ortho intramolecular Hbond substituents is 2. The zero-order valence-electron chi connectivity index (χ0n) is 11.0. The van der Waals surface area contributed by atoms with Gasteiger partial charge >= 0.3 is 5.97 Å². The highest BCUT2D eigenvalue weighted by atomic mass is 32.1. The Morgan fingerprint density at radius 1 is 1.25 bits per heavy atom. The Hall–Kier alpha value is -2.08. The van der Waals surface area contributed by atoms with E-state index in [1.54, 1.807) is 13.0 Å². The van der Waals surface area contributed by atoms with Crippen molar-refractivity contribution in [3.8, 4) is 11.5 Å². The maximum absolute atomic E-state index is 12.1. The van der Waals surface area contributed by atoms with Gasteiger partial charge < -0.3 is 14.9 Å². The standard InChI is InChI=1S/C14H14O5S/c1-7(14(18)19-2)3-11(17)13-5-8-4-9(15)10(16)6-12(8)20-13/h4-7,15-16H,3H2,1-2H3. The van der Waals surface area contributed by atoms with E-state index in [0.717, 1.165) is 0 Å². The Balaban J connectivity index is 2.25. The van der Waals surface area contributed by atoms with E-state index in [1.165, 1.54) is 30.6 Å². The Morgan fingerprint density at radius 3 is 2.55 bits per heavy atom. The van der Waals surface area contributed by atoms with Crippen molar-refractivity contribution in [2.45, 2.75) is 13.3 Å². The van der Waals surface area contributed by atoms with Gasteiger partial charge in [-0.2, -0.15) is 0 Å². The van der Waals surface area contributed by atoms with Crippen molar-refractivity contribution in [2.75, 3.05) is 7.11 Å². The second-order valence-corrected chi connectivity index (χ2v) is 5.62. The molecule has 1 aromatic carbocycles. The Morgan fingerprint density at radius 2 is 1.90 bits per heavy atom. The number of thiophene rings is 1. The number of carbonyl (C=O) groups is 2. The molecule has 1 atom stereocenters. The Labute approximate surface area is 119 Å². The molecule has 0 fully saturated rings. The van der Waals surface area contributed by atoms with Crippen molar-refractivity contribution >= 4 is 33.2 Å². The zero-order chi connectivity index (χ0) is 14.9. The molecule has 5 nitrogen and oxygen atoms in total. The van der Waals surface area contributed by atoms with Crippen LogP contribution in [0.15, 0.2) is 18.2 Å². The van der Waals surface area contributed by atoms with Crippen LogP contribution in [-0.4, -0.2) is 29.1 Å². The average molecular weight is 294 g/mol. The van der Waals surface area contributed by atoms with Crippen LogP contribution < -0.4 is 0 Å². The van der Waals surface area contributed by atoms with E-state index >= 15 is 0 Å². The second-order valence-electron chi connectivity index (χ2n) is 4.54. The molecule has 0 aliphatic heterocycles. The predicted molar refractivity (Wildman–Crippen MR) is 75.3 cm³/mol. The summed E-state index contributed by atoms with van der Waals surface area (Å²) in [5.41, 5.74) is 0. The van der Waals surface area contributed by atoms with Crippen molar-refractivity contribution in [1.29, 1.82) is 0 Å². The number of hydrogen-bond donors (Lipinski definition) is 2. The molecule has 0 saturated heterocycles. The lowest BCUT2D eigenvalue weighted by Gasteiger charge is -2.06. The van der Waals surface area contributed by atoms with Crippen LogP contribution in [0.2, 0.25) is 0 Å². The number of methoxy groups -OCH3 is 1. The smallest absolute Gasteiger partial charge is 0.308 e. The summed E-state index contributed by atoms with van der Waals surface area (Å²) in [6, 6.07) is 4.46. The molecule has 0 amide bonds. The highest BCUT2D eigenvalue weighted by molar-refractivity contribution is 7.20. The summed E-state index contributed by atoms with van der Waals surface area (Å²) in [5.74, 6) is -1.53. The van der Waals surface area contributed by atoms with Crippen LogP contribution in [0.5, 0.6) is 11.5 Å². The monoisotopic (exact) mass is 294 g/mol. The summed E-state index contributed by atoms with van der Waals surface area (Å²) in [6.07, 6.45) is 0.0669. The molecule has 1 aromatic heterocycles. The fourth-order valence-corrected chi connectivity index (χ4v) is 2.89. The third kappa shape index (κ3) is 2.75. The molecule has 1 heterocycles. The molecule has 20 heavy (non-hydrogen) atoms. The number of rotatable bonds is 4. The van der Waals surface area contributed by atoms with Crippen molar-refractivity contribution in [3.05, 3.63) is 23.1 Å². The number of ketones is 1. The van der Waals surface area contributed by atoms with E-state index in [-0.39, 0.29) is 23.7 Å². The predicted octanol–water partition coefficient (Wildman–Crippen LogP) is 2.69. The van der Waals surface area contributed by atoms with Gasteiger partial charge in [0.25, 0.3) is 0 Å². The number of Topliss-reactive ketones (excluding diaryl/α,β-unsaturated/α-hetero) is 1. The van der Waals surface area contributed by atoms with Gasteiger partial charge in [0, 0.05) is 17.2 Å². The van der Waals surface area contributed by atoms with Gasteiger partial charge in [-0.1, -0.05) is 6.92 Å².